The Kier molecular flexibility index (Phi) is 4.34. The zero-order valence-electron chi connectivity index (χ0n) is 12.9. The van der Waals surface area contributed by atoms with Crippen molar-refractivity contribution in [3.63, 3.8) is 0 Å². The van der Waals surface area contributed by atoms with Gasteiger partial charge in [-0.15, -0.1) is 0 Å². The van der Waals surface area contributed by atoms with Crippen molar-refractivity contribution in [1.82, 2.24) is 9.55 Å². The Labute approximate surface area is 142 Å². The van der Waals surface area contributed by atoms with Crippen molar-refractivity contribution in [1.29, 1.82) is 0 Å². The monoisotopic (exact) mass is 342 g/mol. The molecular formula is C19H13F3N2O. The Hall–Kier alpha value is -3.04. The molecule has 1 heterocycles. The molecule has 2 aromatic carbocycles. The third kappa shape index (κ3) is 3.28. The Balaban J connectivity index is 2.13. The molecule has 1 atom stereocenters. The molecule has 0 aliphatic rings. The molecule has 0 amide bonds. The lowest BCUT2D eigenvalue weighted by molar-refractivity contribution is -0.244. The molecule has 0 spiro atoms. The number of imidazole rings is 1. The number of rotatable bonds is 2. The molecule has 0 aliphatic heterocycles. The fourth-order valence-electron chi connectivity index (χ4n) is 2.31. The molecule has 1 N–H and O–H groups in total. The van der Waals surface area contributed by atoms with E-state index in [9.17, 15) is 18.3 Å². The lowest BCUT2D eigenvalue weighted by Crippen LogP contribution is -2.43. The van der Waals surface area contributed by atoms with Gasteiger partial charge in [0.2, 0.25) is 0 Å². The van der Waals surface area contributed by atoms with Crippen molar-refractivity contribution >= 4 is 0 Å². The summed E-state index contributed by atoms with van der Waals surface area (Å²) in [6.07, 6.45) is -2.47. The van der Waals surface area contributed by atoms with Crippen molar-refractivity contribution < 1.29 is 18.3 Å². The van der Waals surface area contributed by atoms with E-state index < -0.39 is 17.6 Å². The summed E-state index contributed by atoms with van der Waals surface area (Å²) in [6, 6.07) is 16.5. The second-order valence-corrected chi connectivity index (χ2v) is 5.28. The van der Waals surface area contributed by atoms with Gasteiger partial charge in [0, 0.05) is 23.6 Å². The van der Waals surface area contributed by atoms with Crippen LogP contribution in [0.3, 0.4) is 0 Å². The van der Waals surface area contributed by atoms with E-state index in [1.54, 1.807) is 60.7 Å². The molecule has 0 saturated heterocycles. The summed E-state index contributed by atoms with van der Waals surface area (Å²) in [4.78, 5) is 3.73. The van der Waals surface area contributed by atoms with E-state index in [1.165, 1.54) is 17.0 Å². The molecule has 0 bridgehead atoms. The molecule has 1 unspecified atom stereocenters. The van der Waals surface area contributed by atoms with Gasteiger partial charge in [-0.3, -0.25) is 0 Å². The van der Waals surface area contributed by atoms with Gasteiger partial charge in [-0.2, -0.15) is 13.2 Å². The Morgan fingerprint density at radius 2 is 1.52 bits per heavy atom. The SMILES string of the molecule is OC(C#Cc1ccccc1)(c1nccn1-c1ccccc1)C(F)(F)F. The van der Waals surface area contributed by atoms with Crippen LogP contribution < -0.4 is 0 Å². The fourth-order valence-corrected chi connectivity index (χ4v) is 2.31. The minimum absolute atomic E-state index is 0.364. The van der Waals surface area contributed by atoms with Crippen molar-refractivity contribution in [2.75, 3.05) is 0 Å². The van der Waals surface area contributed by atoms with Crippen LogP contribution in [0, 0.1) is 11.8 Å². The minimum atomic E-state index is -5.02. The molecule has 1 aromatic heterocycles. The van der Waals surface area contributed by atoms with Crippen molar-refractivity contribution in [3.8, 4) is 17.5 Å². The van der Waals surface area contributed by atoms with Gasteiger partial charge in [0.25, 0.3) is 5.60 Å². The largest absolute Gasteiger partial charge is 0.436 e. The normalized spacial score (nSPS) is 13.6. The summed E-state index contributed by atoms with van der Waals surface area (Å²) in [5, 5.41) is 10.4. The zero-order chi connectivity index (χ0) is 17.9. The Bertz CT molecular complexity index is 908. The molecule has 0 fully saturated rings. The van der Waals surface area contributed by atoms with Gasteiger partial charge in [0.1, 0.15) is 0 Å². The Morgan fingerprint density at radius 3 is 2.12 bits per heavy atom. The van der Waals surface area contributed by atoms with E-state index in [-0.39, 0.29) is 0 Å². The molecule has 3 nitrogen and oxygen atoms in total. The van der Waals surface area contributed by atoms with Gasteiger partial charge in [-0.05, 0) is 30.2 Å². The van der Waals surface area contributed by atoms with Gasteiger partial charge >= 0.3 is 6.18 Å². The van der Waals surface area contributed by atoms with Crippen LogP contribution >= 0.6 is 0 Å². The first kappa shape index (κ1) is 16.8. The lowest BCUT2D eigenvalue weighted by atomic mass is 10.0. The van der Waals surface area contributed by atoms with Crippen molar-refractivity contribution in [2.24, 2.45) is 0 Å². The van der Waals surface area contributed by atoms with Crippen LogP contribution in [0.15, 0.2) is 73.1 Å². The quantitative estimate of drug-likeness (QED) is 0.722. The highest BCUT2D eigenvalue weighted by Gasteiger charge is 2.57. The average Bonchev–Trinajstić information content (AvgIpc) is 3.10. The highest BCUT2D eigenvalue weighted by Crippen LogP contribution is 2.38. The second-order valence-electron chi connectivity index (χ2n) is 5.28. The van der Waals surface area contributed by atoms with Crippen LogP contribution in [-0.2, 0) is 5.60 Å². The fraction of sp³-hybridized carbons (Fsp3) is 0.105. The first-order valence-electron chi connectivity index (χ1n) is 7.38. The number of nitrogens with zero attached hydrogens (tertiary/aromatic N) is 2. The van der Waals surface area contributed by atoms with Gasteiger partial charge in [-0.25, -0.2) is 4.98 Å². The van der Waals surface area contributed by atoms with E-state index in [1.807, 2.05) is 5.92 Å². The molecule has 0 saturated carbocycles. The van der Waals surface area contributed by atoms with Gasteiger partial charge in [0.05, 0.1) is 0 Å². The smallest absolute Gasteiger partial charge is 0.364 e. The maximum absolute atomic E-state index is 13.7. The lowest BCUT2D eigenvalue weighted by Gasteiger charge is -2.25. The van der Waals surface area contributed by atoms with Gasteiger partial charge in [-0.1, -0.05) is 42.3 Å². The zero-order valence-corrected chi connectivity index (χ0v) is 12.9. The number of hydrogen-bond donors (Lipinski definition) is 1. The number of hydrogen-bond acceptors (Lipinski definition) is 2. The first-order valence-corrected chi connectivity index (χ1v) is 7.38. The number of para-hydroxylation sites is 1. The number of benzene rings is 2. The number of alkyl halides is 3. The molecule has 3 rings (SSSR count). The van der Waals surface area contributed by atoms with E-state index in [4.69, 9.17) is 0 Å². The molecule has 6 heteroatoms. The number of aliphatic hydroxyl groups is 1. The van der Waals surface area contributed by atoms with Crippen LogP contribution in [-0.4, -0.2) is 20.8 Å². The molecule has 25 heavy (non-hydrogen) atoms. The summed E-state index contributed by atoms with van der Waals surface area (Å²) < 4.78 is 42.2. The van der Waals surface area contributed by atoms with E-state index >= 15 is 0 Å². The van der Waals surface area contributed by atoms with Gasteiger partial charge in [0.15, 0.2) is 5.82 Å². The molecule has 0 radical (unpaired) electrons. The standard InChI is InChI=1S/C19H13F3N2O/c20-19(21,22)18(25,12-11-15-7-3-1-4-8-15)17-23-13-14-24(17)16-9-5-2-6-10-16/h1-10,13-14,25H. The number of halogens is 3. The maximum atomic E-state index is 13.7. The van der Waals surface area contributed by atoms with E-state index in [0.29, 0.717) is 11.3 Å². The molecule has 126 valence electrons. The Morgan fingerprint density at radius 1 is 0.920 bits per heavy atom. The highest BCUT2D eigenvalue weighted by molar-refractivity contribution is 5.41. The molecule has 0 aliphatic carbocycles. The minimum Gasteiger partial charge on any atom is -0.364 e. The topological polar surface area (TPSA) is 38.1 Å². The average molecular weight is 342 g/mol. The summed E-state index contributed by atoms with van der Waals surface area (Å²) >= 11 is 0. The van der Waals surface area contributed by atoms with Gasteiger partial charge < -0.3 is 9.67 Å². The van der Waals surface area contributed by atoms with Crippen molar-refractivity contribution in [2.45, 2.75) is 11.8 Å². The van der Waals surface area contributed by atoms with Crippen LogP contribution in [0.4, 0.5) is 13.2 Å². The third-order valence-corrected chi connectivity index (χ3v) is 3.57. The van der Waals surface area contributed by atoms with Crippen LogP contribution in [0.2, 0.25) is 0 Å². The summed E-state index contributed by atoms with van der Waals surface area (Å²) in [7, 11) is 0. The predicted molar refractivity (Wildman–Crippen MR) is 86.8 cm³/mol. The highest BCUT2D eigenvalue weighted by atomic mass is 19.4. The maximum Gasteiger partial charge on any atom is 0.436 e. The van der Waals surface area contributed by atoms with Crippen molar-refractivity contribution in [3.05, 3.63) is 84.4 Å². The summed E-state index contributed by atoms with van der Waals surface area (Å²) in [6.45, 7) is 0. The number of aromatic nitrogens is 2. The van der Waals surface area contributed by atoms with Crippen LogP contribution in [0.1, 0.15) is 11.4 Å². The van der Waals surface area contributed by atoms with E-state index in [0.717, 1.165) is 0 Å². The summed E-state index contributed by atoms with van der Waals surface area (Å²) in [5.41, 5.74) is -2.59. The second kappa shape index (κ2) is 6.46. The first-order chi connectivity index (χ1) is 11.9. The van der Waals surface area contributed by atoms with E-state index in [2.05, 4.69) is 10.9 Å². The summed E-state index contributed by atoms with van der Waals surface area (Å²) in [5.74, 6) is 3.75. The predicted octanol–water partition coefficient (Wildman–Crippen LogP) is 3.67. The van der Waals surface area contributed by atoms with Crippen LogP contribution in [0.5, 0.6) is 0 Å². The third-order valence-electron chi connectivity index (χ3n) is 3.57. The van der Waals surface area contributed by atoms with Crippen LogP contribution in [0.25, 0.3) is 5.69 Å². The molecule has 3 aromatic rings. The molecular weight excluding hydrogens is 329 g/mol.